The minimum Gasteiger partial charge on any atom is -0.456 e. The predicted octanol–water partition coefficient (Wildman–Crippen LogP) is 4.27. The van der Waals surface area contributed by atoms with Gasteiger partial charge in [-0.25, -0.2) is 0 Å². The van der Waals surface area contributed by atoms with Crippen molar-refractivity contribution in [2.75, 3.05) is 13.1 Å². The van der Waals surface area contributed by atoms with E-state index in [2.05, 4.69) is 0 Å². The van der Waals surface area contributed by atoms with Crippen molar-refractivity contribution in [1.82, 2.24) is 9.80 Å². The molecular weight excluding hydrogens is 384 g/mol. The van der Waals surface area contributed by atoms with Gasteiger partial charge in [0.05, 0.1) is 5.39 Å². The summed E-state index contributed by atoms with van der Waals surface area (Å²) in [7, 11) is 0. The zero-order chi connectivity index (χ0) is 20.5. The SMILES string of the molecule is CCN1C(=O)/C(=C\c2ccc3oc(-c4ccccc4)cc(=O)c3c2)N(CC)C1=S. The zero-order valence-electron chi connectivity index (χ0n) is 16.2. The van der Waals surface area contributed by atoms with Gasteiger partial charge in [0, 0.05) is 24.7 Å². The fourth-order valence-corrected chi connectivity index (χ4v) is 3.92. The van der Waals surface area contributed by atoms with Gasteiger partial charge in [0.15, 0.2) is 10.5 Å². The average Bonchev–Trinajstić information content (AvgIpc) is 2.97. The summed E-state index contributed by atoms with van der Waals surface area (Å²) in [4.78, 5) is 28.8. The summed E-state index contributed by atoms with van der Waals surface area (Å²) in [5, 5.41) is 0.988. The van der Waals surface area contributed by atoms with Crippen molar-refractivity contribution < 1.29 is 9.21 Å². The lowest BCUT2D eigenvalue weighted by Gasteiger charge is -2.17. The molecule has 3 aromatic rings. The molecule has 4 rings (SSSR count). The molecule has 29 heavy (non-hydrogen) atoms. The van der Waals surface area contributed by atoms with Crippen LogP contribution in [-0.4, -0.2) is 33.9 Å². The highest BCUT2D eigenvalue weighted by Gasteiger charge is 2.35. The number of amides is 1. The standard InChI is InChI=1S/C23H20N2O3S/c1-3-24-18(22(27)25(4-2)23(24)29)13-15-10-11-20-17(12-15)19(26)14-21(28-20)16-8-6-5-7-9-16/h5-14H,3-4H2,1-2H3/b18-13+. The summed E-state index contributed by atoms with van der Waals surface area (Å²) >= 11 is 5.41. The zero-order valence-corrected chi connectivity index (χ0v) is 17.0. The lowest BCUT2D eigenvalue weighted by atomic mass is 10.1. The van der Waals surface area contributed by atoms with E-state index < -0.39 is 0 Å². The first-order valence-electron chi connectivity index (χ1n) is 9.52. The minimum absolute atomic E-state index is 0.120. The molecular formula is C23H20N2O3S. The molecule has 0 saturated carbocycles. The van der Waals surface area contributed by atoms with E-state index in [1.54, 1.807) is 23.1 Å². The molecule has 0 aliphatic carbocycles. The van der Waals surface area contributed by atoms with Gasteiger partial charge in [-0.1, -0.05) is 36.4 Å². The van der Waals surface area contributed by atoms with Crippen LogP contribution in [-0.2, 0) is 4.79 Å². The van der Waals surface area contributed by atoms with Crippen LogP contribution in [0.15, 0.2) is 69.5 Å². The monoisotopic (exact) mass is 404 g/mol. The molecule has 2 aromatic carbocycles. The van der Waals surface area contributed by atoms with E-state index in [1.807, 2.05) is 55.1 Å². The highest BCUT2D eigenvalue weighted by atomic mass is 32.1. The Hall–Kier alpha value is -3.25. The summed E-state index contributed by atoms with van der Waals surface area (Å²) in [5.74, 6) is 0.409. The molecule has 1 aromatic heterocycles. The summed E-state index contributed by atoms with van der Waals surface area (Å²) < 4.78 is 5.94. The van der Waals surface area contributed by atoms with Gasteiger partial charge in [-0.2, -0.15) is 0 Å². The van der Waals surface area contributed by atoms with Gasteiger partial charge in [0.2, 0.25) is 0 Å². The molecule has 1 amide bonds. The molecule has 1 aliphatic heterocycles. The van der Waals surface area contributed by atoms with Crippen molar-refractivity contribution >= 4 is 40.3 Å². The van der Waals surface area contributed by atoms with E-state index in [1.165, 1.54) is 6.07 Å². The largest absolute Gasteiger partial charge is 0.456 e. The maximum absolute atomic E-state index is 12.7. The average molecular weight is 404 g/mol. The second kappa shape index (κ2) is 7.64. The van der Waals surface area contributed by atoms with Crippen molar-refractivity contribution in [3.8, 4) is 11.3 Å². The fraction of sp³-hybridized carbons (Fsp3) is 0.174. The molecule has 1 aliphatic rings. The molecule has 0 atom stereocenters. The van der Waals surface area contributed by atoms with Crippen LogP contribution in [0.1, 0.15) is 19.4 Å². The Balaban J connectivity index is 1.78. The van der Waals surface area contributed by atoms with Crippen molar-refractivity contribution in [2.24, 2.45) is 0 Å². The Morgan fingerprint density at radius 2 is 1.69 bits per heavy atom. The Bertz CT molecular complexity index is 1200. The number of fused-ring (bicyclic) bond motifs is 1. The second-order valence-corrected chi connectivity index (χ2v) is 7.07. The molecule has 1 saturated heterocycles. The van der Waals surface area contributed by atoms with E-state index in [0.29, 0.717) is 40.6 Å². The highest BCUT2D eigenvalue weighted by molar-refractivity contribution is 7.80. The fourth-order valence-electron chi connectivity index (χ4n) is 3.48. The number of thiocarbonyl (C=S) groups is 1. The first-order chi connectivity index (χ1) is 14.0. The number of rotatable bonds is 4. The molecule has 1 fully saturated rings. The smallest absolute Gasteiger partial charge is 0.276 e. The minimum atomic E-state index is -0.124. The van der Waals surface area contributed by atoms with Gasteiger partial charge in [-0.3, -0.25) is 14.5 Å². The number of likely N-dealkylation sites (N-methyl/N-ethyl adjacent to an activating group) is 2. The summed E-state index contributed by atoms with van der Waals surface area (Å²) in [6, 6.07) is 16.4. The highest BCUT2D eigenvalue weighted by Crippen LogP contribution is 2.26. The number of benzene rings is 2. The van der Waals surface area contributed by atoms with Crippen LogP contribution in [0, 0.1) is 0 Å². The third-order valence-corrected chi connectivity index (χ3v) is 5.40. The number of hydrogen-bond acceptors (Lipinski definition) is 4. The normalized spacial score (nSPS) is 15.7. The lowest BCUT2D eigenvalue weighted by molar-refractivity contribution is -0.122. The number of carbonyl (C=O) groups is 1. The molecule has 2 heterocycles. The third-order valence-electron chi connectivity index (χ3n) is 4.96. The Labute approximate surface area is 173 Å². The molecule has 146 valence electrons. The Morgan fingerprint density at radius 1 is 0.966 bits per heavy atom. The topological polar surface area (TPSA) is 53.8 Å². The third kappa shape index (κ3) is 3.36. The number of hydrogen-bond donors (Lipinski definition) is 0. The molecule has 0 bridgehead atoms. The number of carbonyl (C=O) groups excluding carboxylic acids is 1. The van der Waals surface area contributed by atoms with Gasteiger partial charge in [-0.05, 0) is 49.8 Å². The summed E-state index contributed by atoms with van der Waals surface area (Å²) in [6.45, 7) is 4.97. The van der Waals surface area contributed by atoms with Crippen molar-refractivity contribution in [3.05, 3.63) is 76.1 Å². The first kappa shape index (κ1) is 19.1. The van der Waals surface area contributed by atoms with Crippen molar-refractivity contribution in [3.63, 3.8) is 0 Å². The van der Waals surface area contributed by atoms with Crippen LogP contribution < -0.4 is 5.43 Å². The van der Waals surface area contributed by atoms with Crippen molar-refractivity contribution in [2.45, 2.75) is 13.8 Å². The van der Waals surface area contributed by atoms with Gasteiger partial charge >= 0.3 is 0 Å². The maximum Gasteiger partial charge on any atom is 0.276 e. The quantitative estimate of drug-likeness (QED) is 0.480. The maximum atomic E-state index is 12.7. The van der Waals surface area contributed by atoms with Gasteiger partial charge in [0.25, 0.3) is 5.91 Å². The molecule has 5 nitrogen and oxygen atoms in total. The molecule has 6 heteroatoms. The van der Waals surface area contributed by atoms with Crippen LogP contribution in [0.3, 0.4) is 0 Å². The van der Waals surface area contributed by atoms with E-state index in [4.69, 9.17) is 16.6 Å². The van der Waals surface area contributed by atoms with Crippen LogP contribution in [0.5, 0.6) is 0 Å². The van der Waals surface area contributed by atoms with E-state index in [9.17, 15) is 9.59 Å². The van der Waals surface area contributed by atoms with Crippen LogP contribution in [0.25, 0.3) is 28.4 Å². The summed E-state index contributed by atoms with van der Waals surface area (Å²) in [5.41, 5.74) is 2.50. The number of nitrogens with zero attached hydrogens (tertiary/aromatic N) is 2. The Morgan fingerprint density at radius 3 is 2.38 bits per heavy atom. The van der Waals surface area contributed by atoms with Crippen molar-refractivity contribution in [1.29, 1.82) is 0 Å². The van der Waals surface area contributed by atoms with E-state index in [0.717, 1.165) is 11.1 Å². The molecule has 0 spiro atoms. The molecule has 0 radical (unpaired) electrons. The van der Waals surface area contributed by atoms with Crippen LogP contribution in [0.4, 0.5) is 0 Å². The van der Waals surface area contributed by atoms with Crippen LogP contribution >= 0.6 is 12.2 Å². The summed E-state index contributed by atoms with van der Waals surface area (Å²) in [6.07, 6.45) is 1.78. The van der Waals surface area contributed by atoms with E-state index in [-0.39, 0.29) is 11.3 Å². The molecule has 0 N–H and O–H groups in total. The first-order valence-corrected chi connectivity index (χ1v) is 9.92. The second-order valence-electron chi connectivity index (χ2n) is 6.70. The lowest BCUT2D eigenvalue weighted by Crippen LogP contribution is -2.32. The Kier molecular flexibility index (Phi) is 5.03. The van der Waals surface area contributed by atoms with Gasteiger partial charge < -0.3 is 9.32 Å². The molecule has 0 unspecified atom stereocenters. The van der Waals surface area contributed by atoms with Crippen LogP contribution in [0.2, 0.25) is 0 Å². The predicted molar refractivity (Wildman–Crippen MR) is 118 cm³/mol. The van der Waals surface area contributed by atoms with Gasteiger partial charge in [0.1, 0.15) is 17.0 Å². The van der Waals surface area contributed by atoms with E-state index >= 15 is 0 Å². The van der Waals surface area contributed by atoms with Gasteiger partial charge in [-0.15, -0.1) is 0 Å².